The molecule has 0 bridgehead atoms. The predicted molar refractivity (Wildman–Crippen MR) is 50.0 cm³/mol. The smallest absolute Gasteiger partial charge is 0.156 e. The first kappa shape index (κ1) is 10.4. The fraction of sp³-hybridized carbons (Fsp3) is 0.500. The summed E-state index contributed by atoms with van der Waals surface area (Å²) in [6.45, 7) is 1.97. The molecule has 1 aromatic heterocycles. The maximum atomic E-state index is 8.28. The van der Waals surface area contributed by atoms with Crippen LogP contribution in [0.5, 0.6) is 0 Å². The Morgan fingerprint density at radius 1 is 1.73 bits per heavy atom. The van der Waals surface area contributed by atoms with Crippen LogP contribution < -0.4 is 0 Å². The molecule has 0 amide bonds. The van der Waals surface area contributed by atoms with Gasteiger partial charge in [-0.05, 0) is 30.2 Å². The van der Waals surface area contributed by atoms with Crippen LogP contribution in [0.4, 0.5) is 0 Å². The number of aliphatic hydroxyl groups excluding tert-OH is 1. The van der Waals surface area contributed by atoms with Crippen molar-refractivity contribution in [1.29, 1.82) is 0 Å². The second-order valence-corrected chi connectivity index (χ2v) is 2.85. The number of nitrogens with zero attached hydrogens (tertiary/aromatic N) is 2. The molecule has 0 aliphatic heterocycles. The van der Waals surface area contributed by atoms with Crippen molar-refractivity contribution in [3.8, 4) is 0 Å². The lowest BCUT2D eigenvalue weighted by molar-refractivity contribution is 0.546. The van der Waals surface area contributed by atoms with Crippen LogP contribution in [0.1, 0.15) is 19.8 Å². The van der Waals surface area contributed by atoms with E-state index in [0.29, 0.717) is 6.42 Å². The fourth-order valence-electron chi connectivity index (χ4n) is 0.350. The summed E-state index contributed by atoms with van der Waals surface area (Å²) < 4.78 is 3.51. The van der Waals surface area contributed by atoms with Gasteiger partial charge >= 0.3 is 0 Å². The Balaban J connectivity index is 0.000000183. The van der Waals surface area contributed by atoms with Crippen LogP contribution in [0.25, 0.3) is 0 Å². The monoisotopic (exact) mass is 190 g/mol. The van der Waals surface area contributed by atoms with E-state index in [9.17, 15) is 0 Å². The van der Waals surface area contributed by atoms with E-state index in [4.69, 9.17) is 5.11 Å². The van der Waals surface area contributed by atoms with Crippen molar-refractivity contribution in [2.75, 3.05) is 0 Å². The predicted octanol–water partition coefficient (Wildman–Crippen LogP) is 2.21. The zero-order chi connectivity index (χ0) is 8.53. The number of hydrogen-bond donors (Lipinski definition) is 1. The molecule has 62 valence electrons. The van der Waals surface area contributed by atoms with Gasteiger partial charge in [0.15, 0.2) is 5.05 Å². The number of thiocarbonyl (C=S) groups is 1. The summed E-state index contributed by atoms with van der Waals surface area (Å²) in [7, 11) is 0. The first-order valence-electron chi connectivity index (χ1n) is 3.20. The van der Waals surface area contributed by atoms with Gasteiger partial charge in [0.2, 0.25) is 0 Å². The number of aromatic nitrogens is 2. The third kappa shape index (κ3) is 9.45. The lowest BCUT2D eigenvalue weighted by atomic mass is 10.4. The molecule has 5 heteroatoms. The van der Waals surface area contributed by atoms with Gasteiger partial charge in [0.05, 0.1) is 6.20 Å². The largest absolute Gasteiger partial charge is 0.502 e. The summed E-state index contributed by atoms with van der Waals surface area (Å²) in [6.07, 6.45) is 3.26. The van der Waals surface area contributed by atoms with Crippen molar-refractivity contribution in [3.05, 3.63) is 11.6 Å². The molecule has 1 rings (SSSR count). The van der Waals surface area contributed by atoms with Crippen LogP contribution in [0.3, 0.4) is 0 Å². The van der Waals surface area contributed by atoms with Gasteiger partial charge in [-0.1, -0.05) is 11.4 Å². The summed E-state index contributed by atoms with van der Waals surface area (Å²) in [4.78, 5) is 0. The molecule has 1 N–H and O–H groups in total. The fourth-order valence-corrected chi connectivity index (χ4v) is 0.826. The molecular weight excluding hydrogens is 180 g/mol. The van der Waals surface area contributed by atoms with Gasteiger partial charge in [0.25, 0.3) is 0 Å². The van der Waals surface area contributed by atoms with E-state index < -0.39 is 0 Å². The average Bonchev–Trinajstić information content (AvgIpc) is 2.41. The van der Waals surface area contributed by atoms with Gasteiger partial charge in [-0.25, -0.2) is 0 Å². The van der Waals surface area contributed by atoms with Crippen LogP contribution in [0.2, 0.25) is 0 Å². The highest BCUT2D eigenvalue weighted by Gasteiger charge is 1.82. The molecule has 0 aliphatic rings. The lowest BCUT2D eigenvalue weighted by Crippen LogP contribution is -1.86. The molecular formula is C6H10N2OS2. The highest BCUT2D eigenvalue weighted by atomic mass is 32.1. The number of aliphatic hydroxyl groups is 1. The molecule has 0 radical (unpaired) electrons. The topological polar surface area (TPSA) is 46.0 Å². The summed E-state index contributed by atoms with van der Waals surface area (Å²) in [5.41, 5.74) is 0. The highest BCUT2D eigenvalue weighted by Crippen LogP contribution is 1.85. The Morgan fingerprint density at radius 2 is 2.45 bits per heavy atom. The molecule has 0 atom stereocenters. The average molecular weight is 190 g/mol. The molecule has 1 heterocycles. The molecule has 0 fully saturated rings. The first-order chi connectivity index (χ1) is 5.27. The first-order valence-corrected chi connectivity index (χ1v) is 4.44. The van der Waals surface area contributed by atoms with E-state index in [1.165, 1.54) is 11.5 Å². The quantitative estimate of drug-likeness (QED) is 0.726. The van der Waals surface area contributed by atoms with Crippen molar-refractivity contribution < 1.29 is 5.11 Å². The van der Waals surface area contributed by atoms with E-state index in [2.05, 4.69) is 21.8 Å². The summed E-state index contributed by atoms with van der Waals surface area (Å²) in [5.74, 6) is 0. The van der Waals surface area contributed by atoms with E-state index in [0.717, 1.165) is 6.42 Å². The molecule has 0 unspecified atom stereocenters. The van der Waals surface area contributed by atoms with Crippen molar-refractivity contribution in [3.63, 3.8) is 0 Å². The zero-order valence-corrected chi connectivity index (χ0v) is 7.86. The minimum atomic E-state index is 0.123. The standard InChI is InChI=1S/C4H8OS.C2H2N2S/c1-2-3-4(5)6;1-2-5-4-3-1/h2-3H2,1H3,(H,5,6);1-2H. The molecule has 11 heavy (non-hydrogen) atoms. The molecule has 3 nitrogen and oxygen atoms in total. The number of hydrogen-bond acceptors (Lipinski definition) is 4. The Bertz CT molecular complexity index is 159. The van der Waals surface area contributed by atoms with Crippen LogP contribution in [-0.2, 0) is 0 Å². The third-order valence-corrected chi connectivity index (χ3v) is 1.38. The Kier molecular flexibility index (Phi) is 7.18. The van der Waals surface area contributed by atoms with Crippen molar-refractivity contribution in [2.24, 2.45) is 0 Å². The zero-order valence-electron chi connectivity index (χ0n) is 6.23. The Morgan fingerprint density at radius 3 is 2.55 bits per heavy atom. The van der Waals surface area contributed by atoms with Gasteiger partial charge in [-0.15, -0.1) is 5.10 Å². The lowest BCUT2D eigenvalue weighted by Gasteiger charge is -1.84. The molecule has 0 saturated heterocycles. The van der Waals surface area contributed by atoms with E-state index in [1.54, 1.807) is 6.20 Å². The van der Waals surface area contributed by atoms with E-state index >= 15 is 0 Å². The molecule has 0 saturated carbocycles. The van der Waals surface area contributed by atoms with Gasteiger partial charge in [0, 0.05) is 11.8 Å². The summed E-state index contributed by atoms with van der Waals surface area (Å²) in [5, 5.41) is 13.7. The molecule has 1 aromatic rings. The highest BCUT2D eigenvalue weighted by molar-refractivity contribution is 7.80. The second kappa shape index (κ2) is 7.56. The van der Waals surface area contributed by atoms with Crippen molar-refractivity contribution in [2.45, 2.75) is 19.8 Å². The molecule has 0 spiro atoms. The third-order valence-electron chi connectivity index (χ3n) is 0.747. The SMILES string of the molecule is CCCC(O)=S.c1csnn1. The van der Waals surface area contributed by atoms with E-state index in [1.807, 2.05) is 12.3 Å². The van der Waals surface area contributed by atoms with Crippen LogP contribution >= 0.6 is 23.8 Å². The minimum Gasteiger partial charge on any atom is -0.502 e. The molecule has 0 aliphatic carbocycles. The Hall–Kier alpha value is -0.550. The maximum absolute atomic E-state index is 8.28. The molecule has 0 aromatic carbocycles. The minimum absolute atomic E-state index is 0.123. The van der Waals surface area contributed by atoms with Crippen LogP contribution in [0.15, 0.2) is 11.6 Å². The maximum Gasteiger partial charge on any atom is 0.156 e. The Labute approximate surface area is 75.2 Å². The number of rotatable bonds is 2. The van der Waals surface area contributed by atoms with Gasteiger partial charge in [-0.2, -0.15) is 0 Å². The van der Waals surface area contributed by atoms with Crippen molar-refractivity contribution in [1.82, 2.24) is 9.59 Å². The van der Waals surface area contributed by atoms with Gasteiger partial charge in [-0.3, -0.25) is 0 Å². The summed E-state index contributed by atoms with van der Waals surface area (Å²) >= 11 is 5.70. The van der Waals surface area contributed by atoms with Crippen molar-refractivity contribution >= 4 is 28.8 Å². The van der Waals surface area contributed by atoms with Gasteiger partial charge in [0.1, 0.15) is 0 Å². The van der Waals surface area contributed by atoms with Crippen LogP contribution in [0, 0.1) is 0 Å². The van der Waals surface area contributed by atoms with Gasteiger partial charge < -0.3 is 5.11 Å². The normalized spacial score (nSPS) is 8.09. The second-order valence-electron chi connectivity index (χ2n) is 1.73. The summed E-state index contributed by atoms with van der Waals surface area (Å²) in [6, 6.07) is 0. The van der Waals surface area contributed by atoms with E-state index in [-0.39, 0.29) is 5.05 Å². The van der Waals surface area contributed by atoms with Crippen LogP contribution in [-0.4, -0.2) is 19.7 Å².